The smallest absolute Gasteiger partial charge is 0.348 e. The summed E-state index contributed by atoms with van der Waals surface area (Å²) in [7, 11) is 1.50. The van der Waals surface area contributed by atoms with Crippen molar-refractivity contribution in [3.05, 3.63) is 129 Å². The molecule has 0 spiro atoms. The number of aromatic carboxylic acids is 1. The van der Waals surface area contributed by atoms with E-state index in [1.54, 1.807) is 59.5 Å². The van der Waals surface area contributed by atoms with Crippen LogP contribution < -0.4 is 25.8 Å². The molecule has 0 saturated carbocycles. The second-order valence-electron chi connectivity index (χ2n) is 10.1. The minimum absolute atomic E-state index is 0.0464. The average Bonchev–Trinajstić information content (AvgIpc) is 3.43. The molecular weight excluding hydrogens is 583 g/mol. The van der Waals surface area contributed by atoms with Gasteiger partial charge in [0.1, 0.15) is 17.7 Å². The molecule has 0 fully saturated rings. The number of nitrogens with one attached hydrogen (secondary N) is 2. The summed E-state index contributed by atoms with van der Waals surface area (Å²) in [6.07, 6.45) is 0. The van der Waals surface area contributed by atoms with E-state index in [4.69, 9.17) is 25.4 Å². The Balaban J connectivity index is 1.63. The van der Waals surface area contributed by atoms with E-state index in [1.807, 2.05) is 6.07 Å². The number of carbonyl (C=O) groups is 1. The predicted molar refractivity (Wildman–Crippen MR) is 162 cm³/mol. The van der Waals surface area contributed by atoms with Gasteiger partial charge in [0, 0.05) is 22.5 Å². The van der Waals surface area contributed by atoms with Gasteiger partial charge >= 0.3 is 11.7 Å². The third kappa shape index (κ3) is 5.59. The third-order valence-electron chi connectivity index (χ3n) is 7.29. The highest BCUT2D eigenvalue weighted by atomic mass is 19.1. The number of amidine groups is 1. The van der Waals surface area contributed by atoms with Crippen molar-refractivity contribution in [2.45, 2.75) is 12.6 Å². The van der Waals surface area contributed by atoms with E-state index in [2.05, 4.69) is 10.1 Å². The molecule has 228 valence electrons. The summed E-state index contributed by atoms with van der Waals surface area (Å²) in [5.41, 5.74) is 7.61. The Morgan fingerprint density at radius 2 is 1.89 bits per heavy atom. The minimum atomic E-state index is -1.23. The Labute approximate surface area is 255 Å². The number of fused-ring (bicyclic) bond motifs is 1. The zero-order valence-corrected chi connectivity index (χ0v) is 23.9. The number of nitrogen functional groups attached to an aromatic ring is 1. The van der Waals surface area contributed by atoms with Crippen LogP contribution in [0.25, 0.3) is 5.69 Å². The standard InChI is InChI=1S/C32H27FN6O6/c1-43-26-14-19(13-20-16-44-17-45-28(20)26)27(30-36-32(42)39(37-30)25-8-3-2-7-24(25)31(40)41)38(23-6-4-5-21(33)15-23)22-11-9-18(10-12-22)29(34)35/h2-15,27H,16-17H2,1H3,(H3,34,35)(H,40,41)(H,36,37,42)/t27-/m0/s1. The molecule has 5 aromatic rings. The number of aromatic nitrogens is 3. The van der Waals surface area contributed by atoms with Gasteiger partial charge in [0.25, 0.3) is 0 Å². The highest BCUT2D eigenvalue weighted by molar-refractivity contribution is 5.95. The van der Waals surface area contributed by atoms with Gasteiger partial charge in [-0.15, -0.1) is 5.10 Å². The van der Waals surface area contributed by atoms with Crippen molar-refractivity contribution in [3.8, 4) is 17.2 Å². The van der Waals surface area contributed by atoms with Crippen molar-refractivity contribution in [1.29, 1.82) is 5.41 Å². The molecule has 0 radical (unpaired) electrons. The lowest BCUT2D eigenvalue weighted by Crippen LogP contribution is -2.27. The Hall–Kier alpha value is -5.95. The lowest BCUT2D eigenvalue weighted by molar-refractivity contribution is -0.0180. The summed E-state index contributed by atoms with van der Waals surface area (Å²) in [4.78, 5) is 30.0. The van der Waals surface area contributed by atoms with Crippen LogP contribution in [-0.2, 0) is 11.3 Å². The van der Waals surface area contributed by atoms with Gasteiger partial charge in [0.2, 0.25) is 0 Å². The molecule has 13 heteroatoms. The lowest BCUT2D eigenvalue weighted by atomic mass is 9.98. The molecule has 1 aliphatic rings. The summed E-state index contributed by atoms with van der Waals surface area (Å²) >= 11 is 0. The first-order valence-electron chi connectivity index (χ1n) is 13.7. The summed E-state index contributed by atoms with van der Waals surface area (Å²) in [5.74, 6) is -0.848. The number of rotatable bonds is 9. The van der Waals surface area contributed by atoms with Crippen molar-refractivity contribution >= 4 is 23.2 Å². The van der Waals surface area contributed by atoms with Gasteiger partial charge < -0.3 is 30.0 Å². The number of aromatic amines is 1. The molecule has 1 aliphatic heterocycles. The molecule has 0 saturated heterocycles. The van der Waals surface area contributed by atoms with Crippen LogP contribution in [0.15, 0.2) is 89.7 Å². The second-order valence-corrected chi connectivity index (χ2v) is 10.1. The largest absolute Gasteiger partial charge is 0.493 e. The number of methoxy groups -OCH3 is 1. The summed E-state index contributed by atoms with van der Waals surface area (Å²) < 4.78 is 32.7. The number of anilines is 2. The zero-order valence-electron chi connectivity index (χ0n) is 23.9. The minimum Gasteiger partial charge on any atom is -0.493 e. The molecule has 0 bridgehead atoms. The number of nitrogens with zero attached hydrogens (tertiary/aromatic N) is 3. The molecule has 6 rings (SSSR count). The van der Waals surface area contributed by atoms with Crippen LogP contribution in [0.2, 0.25) is 0 Å². The molecule has 4 aromatic carbocycles. The first-order valence-corrected chi connectivity index (χ1v) is 13.7. The fourth-order valence-corrected chi connectivity index (χ4v) is 5.29. The molecule has 0 unspecified atom stereocenters. The van der Waals surface area contributed by atoms with E-state index in [9.17, 15) is 19.1 Å². The third-order valence-corrected chi connectivity index (χ3v) is 7.29. The van der Waals surface area contributed by atoms with E-state index >= 15 is 0 Å². The molecule has 0 amide bonds. The van der Waals surface area contributed by atoms with E-state index in [0.717, 1.165) is 4.68 Å². The Morgan fingerprint density at radius 1 is 1.11 bits per heavy atom. The maximum Gasteiger partial charge on any atom is 0.348 e. The van der Waals surface area contributed by atoms with Gasteiger partial charge in [0.05, 0.1) is 25.0 Å². The van der Waals surface area contributed by atoms with Gasteiger partial charge in [-0.2, -0.15) is 4.68 Å². The van der Waals surface area contributed by atoms with Crippen LogP contribution in [-0.4, -0.2) is 45.6 Å². The van der Waals surface area contributed by atoms with Gasteiger partial charge in [0.15, 0.2) is 24.1 Å². The number of halogens is 1. The molecule has 1 aromatic heterocycles. The van der Waals surface area contributed by atoms with Crippen LogP contribution in [0.4, 0.5) is 15.8 Å². The van der Waals surface area contributed by atoms with Crippen LogP contribution in [0.5, 0.6) is 11.5 Å². The van der Waals surface area contributed by atoms with Gasteiger partial charge in [-0.25, -0.2) is 14.0 Å². The number of nitrogens with two attached hydrogens (primary N) is 1. The Morgan fingerprint density at radius 3 is 2.60 bits per heavy atom. The van der Waals surface area contributed by atoms with Crippen molar-refractivity contribution < 1.29 is 28.5 Å². The Bertz CT molecular complexity index is 1950. The molecular formula is C32H27FN6O6. The SMILES string of the molecule is COc1cc([C@@H](c2nn(-c3ccccc3C(=O)O)c(=O)[nH]2)N(c2ccc(C(=N)N)cc2)c2cccc(F)c2)cc2c1OCOC2. The van der Waals surface area contributed by atoms with Crippen molar-refractivity contribution in [3.63, 3.8) is 0 Å². The van der Waals surface area contributed by atoms with E-state index < -0.39 is 23.5 Å². The van der Waals surface area contributed by atoms with Crippen molar-refractivity contribution in [2.24, 2.45) is 5.73 Å². The maximum atomic E-state index is 14.8. The molecule has 5 N–H and O–H groups in total. The van der Waals surface area contributed by atoms with Crippen molar-refractivity contribution in [1.82, 2.24) is 14.8 Å². The predicted octanol–water partition coefficient (Wildman–Crippen LogP) is 4.48. The molecule has 1 atom stereocenters. The highest BCUT2D eigenvalue weighted by Crippen LogP contribution is 2.43. The van der Waals surface area contributed by atoms with Crippen LogP contribution in [0, 0.1) is 11.2 Å². The Kier molecular flexibility index (Phi) is 7.75. The van der Waals surface area contributed by atoms with Gasteiger partial charge in [-0.05, 0) is 72.3 Å². The van der Waals surface area contributed by atoms with Crippen LogP contribution in [0.3, 0.4) is 0 Å². The van der Waals surface area contributed by atoms with Crippen LogP contribution in [0.1, 0.15) is 38.9 Å². The number of carboxylic acids is 1. The normalized spacial score (nSPS) is 12.9. The number of benzene rings is 4. The zero-order chi connectivity index (χ0) is 31.7. The maximum absolute atomic E-state index is 14.8. The van der Waals surface area contributed by atoms with Crippen molar-refractivity contribution in [2.75, 3.05) is 18.8 Å². The second kappa shape index (κ2) is 12.0. The lowest BCUT2D eigenvalue weighted by Gasteiger charge is -2.34. The molecule has 0 aliphatic carbocycles. The van der Waals surface area contributed by atoms with E-state index in [-0.39, 0.29) is 36.3 Å². The topological polar surface area (TPSA) is 169 Å². The fraction of sp³-hybridized carbons (Fsp3) is 0.125. The van der Waals surface area contributed by atoms with E-state index in [1.165, 1.54) is 31.4 Å². The van der Waals surface area contributed by atoms with Gasteiger partial charge in [-0.3, -0.25) is 10.4 Å². The monoisotopic (exact) mass is 610 g/mol. The van der Waals surface area contributed by atoms with E-state index in [0.29, 0.717) is 39.6 Å². The number of hydrogen-bond acceptors (Lipinski definition) is 8. The van der Waals surface area contributed by atoms with Crippen LogP contribution >= 0.6 is 0 Å². The number of para-hydroxylation sites is 1. The first-order chi connectivity index (χ1) is 21.7. The quantitative estimate of drug-likeness (QED) is 0.139. The number of carboxylic acid groups (broad SMARTS) is 1. The molecule has 45 heavy (non-hydrogen) atoms. The number of hydrogen-bond donors (Lipinski definition) is 4. The molecule has 2 heterocycles. The van der Waals surface area contributed by atoms with Gasteiger partial charge in [-0.1, -0.05) is 18.2 Å². The number of ether oxygens (including phenoxy) is 3. The molecule has 12 nitrogen and oxygen atoms in total. The first kappa shape index (κ1) is 29.1. The fourth-order valence-electron chi connectivity index (χ4n) is 5.29. The number of H-pyrrole nitrogens is 1. The average molecular weight is 611 g/mol. The summed E-state index contributed by atoms with van der Waals surface area (Å²) in [5, 5.41) is 22.2. The highest BCUT2D eigenvalue weighted by Gasteiger charge is 2.32. The summed E-state index contributed by atoms with van der Waals surface area (Å²) in [6, 6.07) is 21.2. The summed E-state index contributed by atoms with van der Waals surface area (Å²) in [6.45, 7) is 0.265.